The highest BCUT2D eigenvalue weighted by Gasteiger charge is 2.06. The molecule has 13 heavy (non-hydrogen) atoms. The van der Waals surface area contributed by atoms with Gasteiger partial charge in [-0.05, 0) is 25.1 Å². The Hall–Kier alpha value is -0.840. The SMILES string of the molecule is CCOC(=O)OC(=S)NCC(C)C. The van der Waals surface area contributed by atoms with Crippen LogP contribution in [0.15, 0.2) is 0 Å². The summed E-state index contributed by atoms with van der Waals surface area (Å²) in [5.41, 5.74) is 0. The third-order valence-electron chi connectivity index (χ3n) is 1.09. The molecule has 0 unspecified atom stereocenters. The second kappa shape index (κ2) is 6.65. The zero-order chi connectivity index (χ0) is 10.3. The van der Waals surface area contributed by atoms with Crippen molar-refractivity contribution in [3.05, 3.63) is 0 Å². The standard InChI is InChI=1S/C8H15NO3S/c1-4-11-8(10)12-7(13)9-5-6(2)3/h6H,4-5H2,1-3H3,(H,9,13). The Balaban J connectivity index is 3.56. The molecule has 0 aromatic heterocycles. The van der Waals surface area contributed by atoms with Crippen LogP contribution in [0.5, 0.6) is 0 Å². The van der Waals surface area contributed by atoms with Gasteiger partial charge in [0.25, 0.3) is 5.17 Å². The predicted molar refractivity (Wildman–Crippen MR) is 53.5 cm³/mol. The number of ether oxygens (including phenoxy) is 2. The van der Waals surface area contributed by atoms with Gasteiger partial charge in [0.15, 0.2) is 0 Å². The molecule has 0 radical (unpaired) electrons. The van der Waals surface area contributed by atoms with Crippen molar-refractivity contribution in [3.63, 3.8) is 0 Å². The monoisotopic (exact) mass is 205 g/mol. The number of hydrogen-bond acceptors (Lipinski definition) is 4. The number of hydrogen-bond donors (Lipinski definition) is 1. The largest absolute Gasteiger partial charge is 0.515 e. The molecule has 0 bridgehead atoms. The summed E-state index contributed by atoms with van der Waals surface area (Å²) in [6.07, 6.45) is -0.760. The molecule has 1 N–H and O–H groups in total. The average Bonchev–Trinajstić information content (AvgIpc) is 2.01. The first-order chi connectivity index (χ1) is 6.06. The van der Waals surface area contributed by atoms with E-state index in [0.717, 1.165) is 0 Å². The molecular formula is C8H15NO3S. The Morgan fingerprint density at radius 3 is 2.62 bits per heavy atom. The molecule has 0 aliphatic heterocycles. The lowest BCUT2D eigenvalue weighted by atomic mass is 10.2. The second-order valence-electron chi connectivity index (χ2n) is 2.85. The minimum Gasteiger partial charge on any atom is -0.434 e. The first kappa shape index (κ1) is 12.2. The molecule has 0 atom stereocenters. The Labute approximate surface area is 83.6 Å². The molecule has 0 saturated carbocycles. The van der Waals surface area contributed by atoms with Crippen LogP contribution in [0.1, 0.15) is 20.8 Å². The topological polar surface area (TPSA) is 47.6 Å². The maximum absolute atomic E-state index is 10.7. The van der Waals surface area contributed by atoms with E-state index in [0.29, 0.717) is 12.5 Å². The average molecular weight is 205 g/mol. The number of nitrogens with one attached hydrogen (secondary N) is 1. The molecule has 4 nitrogen and oxygen atoms in total. The zero-order valence-corrected chi connectivity index (χ0v) is 8.94. The third-order valence-corrected chi connectivity index (χ3v) is 1.32. The van der Waals surface area contributed by atoms with Gasteiger partial charge in [0.1, 0.15) is 0 Å². The number of carbonyl (C=O) groups excluding carboxylic acids is 1. The lowest BCUT2D eigenvalue weighted by Gasteiger charge is -2.09. The van der Waals surface area contributed by atoms with Gasteiger partial charge in [-0.2, -0.15) is 0 Å². The summed E-state index contributed by atoms with van der Waals surface area (Å²) in [5, 5.41) is 2.84. The van der Waals surface area contributed by atoms with E-state index in [4.69, 9.17) is 12.2 Å². The van der Waals surface area contributed by atoms with Crippen molar-refractivity contribution in [2.75, 3.05) is 13.2 Å². The first-order valence-electron chi connectivity index (χ1n) is 4.18. The molecule has 0 aromatic carbocycles. The normalized spacial score (nSPS) is 9.54. The van der Waals surface area contributed by atoms with E-state index in [1.165, 1.54) is 0 Å². The fourth-order valence-electron chi connectivity index (χ4n) is 0.547. The molecule has 0 amide bonds. The summed E-state index contributed by atoms with van der Waals surface area (Å²) in [5.74, 6) is 0.448. The fraction of sp³-hybridized carbons (Fsp3) is 0.750. The highest BCUT2D eigenvalue weighted by molar-refractivity contribution is 7.80. The fourth-order valence-corrected chi connectivity index (χ4v) is 0.698. The van der Waals surface area contributed by atoms with Crippen molar-refractivity contribution in [3.8, 4) is 0 Å². The highest BCUT2D eigenvalue weighted by Crippen LogP contribution is 1.90. The van der Waals surface area contributed by atoms with E-state index in [-0.39, 0.29) is 11.8 Å². The van der Waals surface area contributed by atoms with Crippen LogP contribution < -0.4 is 5.32 Å². The summed E-state index contributed by atoms with van der Waals surface area (Å²) >= 11 is 4.73. The number of rotatable bonds is 3. The van der Waals surface area contributed by atoms with Gasteiger partial charge in [-0.1, -0.05) is 13.8 Å². The van der Waals surface area contributed by atoms with Crippen LogP contribution in [-0.4, -0.2) is 24.5 Å². The van der Waals surface area contributed by atoms with E-state index < -0.39 is 6.16 Å². The van der Waals surface area contributed by atoms with Crippen LogP contribution in [-0.2, 0) is 9.47 Å². The van der Waals surface area contributed by atoms with E-state index in [9.17, 15) is 4.79 Å². The Kier molecular flexibility index (Phi) is 6.22. The molecule has 0 rings (SSSR count). The molecule has 0 aliphatic carbocycles. The molecule has 5 heteroatoms. The van der Waals surface area contributed by atoms with Crippen molar-refractivity contribution >= 4 is 23.5 Å². The predicted octanol–water partition coefficient (Wildman–Crippen LogP) is 1.69. The van der Waals surface area contributed by atoms with Crippen LogP contribution >= 0.6 is 12.2 Å². The van der Waals surface area contributed by atoms with Gasteiger partial charge in [0, 0.05) is 6.54 Å². The van der Waals surface area contributed by atoms with Crippen LogP contribution in [0.3, 0.4) is 0 Å². The van der Waals surface area contributed by atoms with Crippen LogP contribution in [0.2, 0.25) is 0 Å². The molecule has 76 valence electrons. The second-order valence-corrected chi connectivity index (χ2v) is 3.22. The van der Waals surface area contributed by atoms with Crippen LogP contribution in [0, 0.1) is 5.92 Å². The molecule has 0 heterocycles. The Bertz CT molecular complexity index is 182. The zero-order valence-electron chi connectivity index (χ0n) is 8.12. The van der Waals surface area contributed by atoms with Gasteiger partial charge in [0.05, 0.1) is 6.61 Å². The van der Waals surface area contributed by atoms with Crippen molar-refractivity contribution < 1.29 is 14.3 Å². The minimum atomic E-state index is -0.760. The van der Waals surface area contributed by atoms with Crippen molar-refractivity contribution in [1.82, 2.24) is 5.32 Å². The van der Waals surface area contributed by atoms with Crippen molar-refractivity contribution in [2.24, 2.45) is 5.92 Å². The summed E-state index contributed by atoms with van der Waals surface area (Å²) < 4.78 is 9.13. The van der Waals surface area contributed by atoms with E-state index >= 15 is 0 Å². The third kappa shape index (κ3) is 7.52. The van der Waals surface area contributed by atoms with Crippen LogP contribution in [0.4, 0.5) is 4.79 Å². The minimum absolute atomic E-state index is 0.0622. The van der Waals surface area contributed by atoms with E-state index in [1.807, 2.05) is 13.8 Å². The maximum atomic E-state index is 10.7. The van der Waals surface area contributed by atoms with Crippen molar-refractivity contribution in [2.45, 2.75) is 20.8 Å². The molecule has 0 fully saturated rings. The lowest BCUT2D eigenvalue weighted by Crippen LogP contribution is -2.29. The maximum Gasteiger partial charge on any atom is 0.515 e. The van der Waals surface area contributed by atoms with Gasteiger partial charge in [-0.15, -0.1) is 0 Å². The lowest BCUT2D eigenvalue weighted by molar-refractivity contribution is 0.0998. The van der Waals surface area contributed by atoms with Gasteiger partial charge >= 0.3 is 6.16 Å². The van der Waals surface area contributed by atoms with Crippen LogP contribution in [0.25, 0.3) is 0 Å². The molecule has 0 aliphatic rings. The van der Waals surface area contributed by atoms with Crippen molar-refractivity contribution in [1.29, 1.82) is 0 Å². The quantitative estimate of drug-likeness (QED) is 0.561. The van der Waals surface area contributed by atoms with Gasteiger partial charge < -0.3 is 14.8 Å². The van der Waals surface area contributed by atoms with Gasteiger partial charge in [-0.3, -0.25) is 0 Å². The van der Waals surface area contributed by atoms with Gasteiger partial charge in [-0.25, -0.2) is 4.79 Å². The summed E-state index contributed by atoms with van der Waals surface area (Å²) in [6, 6.07) is 0. The summed E-state index contributed by atoms with van der Waals surface area (Å²) in [6.45, 7) is 6.72. The number of carbonyl (C=O) groups is 1. The Morgan fingerprint density at radius 1 is 1.54 bits per heavy atom. The van der Waals surface area contributed by atoms with E-state index in [2.05, 4.69) is 14.8 Å². The highest BCUT2D eigenvalue weighted by atomic mass is 32.1. The first-order valence-corrected chi connectivity index (χ1v) is 4.59. The molecule has 0 spiro atoms. The number of thiocarbonyl (C=S) groups is 1. The summed E-state index contributed by atoms with van der Waals surface area (Å²) in [7, 11) is 0. The molecular weight excluding hydrogens is 190 g/mol. The molecule has 0 aromatic rings. The van der Waals surface area contributed by atoms with Gasteiger partial charge in [0.2, 0.25) is 0 Å². The Morgan fingerprint density at radius 2 is 2.15 bits per heavy atom. The van der Waals surface area contributed by atoms with E-state index in [1.54, 1.807) is 6.92 Å². The molecule has 0 saturated heterocycles. The smallest absolute Gasteiger partial charge is 0.434 e. The summed E-state index contributed by atoms with van der Waals surface area (Å²) in [4.78, 5) is 10.7.